The lowest BCUT2D eigenvalue weighted by Gasteiger charge is -2.20. The number of amides is 1. The Labute approximate surface area is 131 Å². The minimum absolute atomic E-state index is 0.0285. The number of benzene rings is 2. The molecule has 0 spiro atoms. The zero-order valence-corrected chi connectivity index (χ0v) is 12.5. The molecule has 21 heavy (non-hydrogen) atoms. The van der Waals surface area contributed by atoms with Crippen LogP contribution >= 0.6 is 23.2 Å². The molecule has 1 aliphatic rings. The molecule has 0 aliphatic carbocycles. The molecule has 2 aromatic rings. The molecule has 106 valence electrons. The van der Waals surface area contributed by atoms with Gasteiger partial charge in [0.25, 0.3) is 5.91 Å². The van der Waals surface area contributed by atoms with Gasteiger partial charge in [0.1, 0.15) is 0 Å². The van der Waals surface area contributed by atoms with E-state index in [4.69, 9.17) is 28.4 Å². The highest BCUT2D eigenvalue weighted by molar-refractivity contribution is 6.57. The van der Waals surface area contributed by atoms with Crippen LogP contribution in [0.2, 0.25) is 10.0 Å². The van der Waals surface area contributed by atoms with Gasteiger partial charge < -0.3 is 5.21 Å². The van der Waals surface area contributed by atoms with Crippen LogP contribution in [0.4, 0.5) is 11.4 Å². The van der Waals surface area contributed by atoms with Crippen molar-refractivity contribution in [3.8, 4) is 0 Å². The number of rotatable bonds is 1. The Morgan fingerprint density at radius 2 is 1.86 bits per heavy atom. The first-order valence-electron chi connectivity index (χ1n) is 6.16. The average Bonchev–Trinajstić information content (AvgIpc) is 2.76. The molecule has 0 saturated carbocycles. The summed E-state index contributed by atoms with van der Waals surface area (Å²) < 4.78 is 0. The van der Waals surface area contributed by atoms with Gasteiger partial charge in [-0.15, -0.1) is 0 Å². The first kappa shape index (κ1) is 13.9. The molecule has 4 nitrogen and oxygen atoms in total. The van der Waals surface area contributed by atoms with Crippen molar-refractivity contribution in [1.82, 2.24) is 0 Å². The second-order valence-electron chi connectivity index (χ2n) is 4.63. The Morgan fingerprint density at radius 1 is 1.14 bits per heavy atom. The van der Waals surface area contributed by atoms with E-state index in [-0.39, 0.29) is 5.71 Å². The third-order valence-corrected chi connectivity index (χ3v) is 4.17. The molecule has 6 heteroatoms. The van der Waals surface area contributed by atoms with Gasteiger partial charge >= 0.3 is 0 Å². The maximum Gasteiger partial charge on any atom is 0.285 e. The number of oxime groups is 1. The van der Waals surface area contributed by atoms with Crippen LogP contribution in [0.3, 0.4) is 0 Å². The van der Waals surface area contributed by atoms with E-state index >= 15 is 0 Å². The number of hydrogen-bond donors (Lipinski definition) is 1. The summed E-state index contributed by atoms with van der Waals surface area (Å²) in [6.07, 6.45) is 0. The topological polar surface area (TPSA) is 52.9 Å². The second kappa shape index (κ2) is 5.06. The Kier molecular flexibility index (Phi) is 3.35. The van der Waals surface area contributed by atoms with Crippen LogP contribution in [-0.2, 0) is 4.79 Å². The van der Waals surface area contributed by atoms with Gasteiger partial charge in [-0.25, -0.2) is 0 Å². The van der Waals surface area contributed by atoms with E-state index in [1.165, 1.54) is 4.90 Å². The molecule has 1 heterocycles. The lowest BCUT2D eigenvalue weighted by molar-refractivity contribution is -0.111. The number of halogens is 2. The molecule has 0 unspecified atom stereocenters. The Balaban J connectivity index is 2.30. The molecular weight excluding hydrogens is 311 g/mol. The highest BCUT2D eigenvalue weighted by Crippen LogP contribution is 2.43. The van der Waals surface area contributed by atoms with Gasteiger partial charge in [0.15, 0.2) is 5.71 Å². The Bertz CT molecular complexity index is 787. The third-order valence-electron chi connectivity index (χ3n) is 3.39. The number of fused-ring (bicyclic) bond motifs is 1. The van der Waals surface area contributed by atoms with Gasteiger partial charge in [0.2, 0.25) is 0 Å². The van der Waals surface area contributed by atoms with Crippen LogP contribution in [0.25, 0.3) is 0 Å². The van der Waals surface area contributed by atoms with Crippen molar-refractivity contribution in [1.29, 1.82) is 0 Å². The summed E-state index contributed by atoms with van der Waals surface area (Å²) in [6.45, 7) is 1.83. The molecule has 0 fully saturated rings. The fourth-order valence-electron chi connectivity index (χ4n) is 2.36. The predicted molar refractivity (Wildman–Crippen MR) is 83.1 cm³/mol. The van der Waals surface area contributed by atoms with Crippen LogP contribution in [0.15, 0.2) is 41.6 Å². The summed E-state index contributed by atoms with van der Waals surface area (Å²) in [5.74, 6) is -0.465. The highest BCUT2D eigenvalue weighted by atomic mass is 35.5. The number of carbonyl (C=O) groups excluding carboxylic acids is 1. The fourth-order valence-corrected chi connectivity index (χ4v) is 2.90. The van der Waals surface area contributed by atoms with Gasteiger partial charge in [-0.05, 0) is 24.6 Å². The highest BCUT2D eigenvalue weighted by Gasteiger charge is 2.37. The predicted octanol–water partition coefficient (Wildman–Crippen LogP) is 4.16. The lowest BCUT2D eigenvalue weighted by Crippen LogP contribution is -2.26. The Hall–Kier alpha value is -2.04. The number of nitrogens with zero attached hydrogens (tertiary/aromatic N) is 2. The molecule has 2 aromatic carbocycles. The third kappa shape index (κ3) is 1.99. The van der Waals surface area contributed by atoms with Gasteiger partial charge in [-0.1, -0.05) is 52.6 Å². The number of anilines is 2. The van der Waals surface area contributed by atoms with Crippen molar-refractivity contribution in [2.45, 2.75) is 6.92 Å². The smallest absolute Gasteiger partial charge is 0.285 e. The van der Waals surface area contributed by atoms with E-state index in [9.17, 15) is 4.79 Å². The zero-order chi connectivity index (χ0) is 15.1. The molecule has 1 amide bonds. The molecular formula is C15H10Cl2N2O2. The number of hydrogen-bond acceptors (Lipinski definition) is 3. The molecule has 0 aromatic heterocycles. The number of aryl methyl sites for hydroxylation is 1. The minimum atomic E-state index is -0.465. The van der Waals surface area contributed by atoms with Crippen molar-refractivity contribution in [3.05, 3.63) is 57.6 Å². The van der Waals surface area contributed by atoms with Gasteiger partial charge in [0.05, 0.1) is 21.4 Å². The van der Waals surface area contributed by atoms with E-state index in [0.717, 1.165) is 5.56 Å². The molecule has 1 aliphatic heterocycles. The van der Waals surface area contributed by atoms with E-state index < -0.39 is 5.91 Å². The van der Waals surface area contributed by atoms with E-state index in [0.29, 0.717) is 27.0 Å². The van der Waals surface area contributed by atoms with Crippen molar-refractivity contribution in [2.24, 2.45) is 5.16 Å². The normalized spacial score (nSPS) is 15.7. The van der Waals surface area contributed by atoms with Crippen molar-refractivity contribution < 1.29 is 10.0 Å². The summed E-state index contributed by atoms with van der Waals surface area (Å²) in [4.78, 5) is 13.9. The standard InChI is InChI=1S/C15H10Cl2N2O2/c1-8-6-7-10(16)14(12(8)17)19-11-5-3-2-4-9(11)13(18-21)15(19)20/h2-7,21H,1H3/b18-13+. The largest absolute Gasteiger partial charge is 0.410 e. The van der Waals surface area contributed by atoms with E-state index in [1.54, 1.807) is 36.4 Å². The summed E-state index contributed by atoms with van der Waals surface area (Å²) in [7, 11) is 0. The molecule has 0 radical (unpaired) electrons. The first-order chi connectivity index (χ1) is 10.1. The lowest BCUT2D eigenvalue weighted by atomic mass is 10.1. The maximum atomic E-state index is 12.5. The van der Waals surface area contributed by atoms with Gasteiger partial charge in [-0.2, -0.15) is 0 Å². The van der Waals surface area contributed by atoms with Crippen molar-refractivity contribution in [2.75, 3.05) is 4.90 Å². The van der Waals surface area contributed by atoms with Gasteiger partial charge in [0, 0.05) is 5.56 Å². The first-order valence-corrected chi connectivity index (χ1v) is 6.92. The zero-order valence-electron chi connectivity index (χ0n) is 11.0. The molecule has 0 atom stereocenters. The SMILES string of the molecule is Cc1ccc(Cl)c(N2C(=O)/C(=N/O)c3ccccc32)c1Cl. The summed E-state index contributed by atoms with van der Waals surface area (Å²) >= 11 is 12.5. The Morgan fingerprint density at radius 3 is 2.57 bits per heavy atom. The van der Waals surface area contributed by atoms with Crippen LogP contribution in [0.1, 0.15) is 11.1 Å². The van der Waals surface area contributed by atoms with Crippen LogP contribution in [-0.4, -0.2) is 16.8 Å². The molecule has 3 rings (SSSR count). The minimum Gasteiger partial charge on any atom is -0.410 e. The fraction of sp³-hybridized carbons (Fsp3) is 0.0667. The quantitative estimate of drug-likeness (QED) is 0.633. The molecule has 0 saturated heterocycles. The van der Waals surface area contributed by atoms with Crippen LogP contribution in [0.5, 0.6) is 0 Å². The molecule has 1 N–H and O–H groups in total. The summed E-state index contributed by atoms with van der Waals surface area (Å²) in [6, 6.07) is 10.5. The van der Waals surface area contributed by atoms with Gasteiger partial charge in [-0.3, -0.25) is 9.69 Å². The van der Waals surface area contributed by atoms with Crippen molar-refractivity contribution in [3.63, 3.8) is 0 Å². The summed E-state index contributed by atoms with van der Waals surface area (Å²) in [5.41, 5.74) is 2.30. The number of para-hydroxylation sites is 1. The van der Waals surface area contributed by atoms with Crippen LogP contribution in [0, 0.1) is 6.92 Å². The monoisotopic (exact) mass is 320 g/mol. The summed E-state index contributed by atoms with van der Waals surface area (Å²) in [5, 5.41) is 13.0. The van der Waals surface area contributed by atoms with Crippen LogP contribution < -0.4 is 4.90 Å². The number of carbonyl (C=O) groups is 1. The van der Waals surface area contributed by atoms with E-state index in [1.807, 2.05) is 6.92 Å². The second-order valence-corrected chi connectivity index (χ2v) is 5.42. The molecule has 0 bridgehead atoms. The van der Waals surface area contributed by atoms with E-state index in [2.05, 4.69) is 5.16 Å². The van der Waals surface area contributed by atoms with Crippen molar-refractivity contribution >= 4 is 46.2 Å². The maximum absolute atomic E-state index is 12.5. The average molecular weight is 321 g/mol.